The van der Waals surface area contributed by atoms with E-state index in [9.17, 15) is 23.3 Å². The van der Waals surface area contributed by atoms with Crippen molar-refractivity contribution < 1.29 is 18.1 Å². The Balaban J connectivity index is 1.68. The maximum Gasteiger partial charge on any atom is 0.271 e. The summed E-state index contributed by atoms with van der Waals surface area (Å²) in [5.41, 5.74) is 2.50. The minimum Gasteiger partial charge on any atom is -0.350 e. The molecule has 0 aliphatic carbocycles. The molecule has 0 spiro atoms. The number of nitrogens with one attached hydrogen (secondary N) is 1. The van der Waals surface area contributed by atoms with Crippen molar-refractivity contribution in [3.63, 3.8) is 0 Å². The molecule has 184 valence electrons. The third-order valence-corrected chi connectivity index (χ3v) is 7.30. The van der Waals surface area contributed by atoms with Gasteiger partial charge in [-0.25, -0.2) is 8.42 Å². The zero-order chi connectivity index (χ0) is 24.9. The number of anilines is 1. The van der Waals surface area contributed by atoms with Gasteiger partial charge in [0.05, 0.1) is 16.9 Å². The molecule has 1 heterocycles. The van der Waals surface area contributed by atoms with E-state index in [0.717, 1.165) is 35.8 Å². The molecule has 0 unspecified atom stereocenters. The van der Waals surface area contributed by atoms with E-state index in [4.69, 9.17) is 0 Å². The van der Waals surface area contributed by atoms with E-state index >= 15 is 0 Å². The number of hydrogen-bond donors (Lipinski definition) is 1. The summed E-state index contributed by atoms with van der Waals surface area (Å²) in [5, 5.41) is 14.0. The van der Waals surface area contributed by atoms with E-state index in [1.807, 2.05) is 12.1 Å². The zero-order valence-corrected chi connectivity index (χ0v) is 20.7. The summed E-state index contributed by atoms with van der Waals surface area (Å²) in [5.74, 6) is -0.492. The average molecular weight is 489 g/mol. The molecule has 2 aromatic rings. The van der Waals surface area contributed by atoms with Crippen molar-refractivity contribution >= 4 is 27.3 Å². The van der Waals surface area contributed by atoms with Crippen LogP contribution in [0.5, 0.6) is 0 Å². The number of hydrogen-bond acceptors (Lipinski definition) is 6. The summed E-state index contributed by atoms with van der Waals surface area (Å²) < 4.78 is 26.1. The van der Waals surface area contributed by atoms with Gasteiger partial charge in [-0.1, -0.05) is 36.8 Å². The summed E-state index contributed by atoms with van der Waals surface area (Å²) in [4.78, 5) is 25.9. The number of rotatable bonds is 9. The fraction of sp³-hybridized carbons (Fsp3) is 0.458. The predicted molar refractivity (Wildman–Crippen MR) is 132 cm³/mol. The second kappa shape index (κ2) is 11.0. The van der Waals surface area contributed by atoms with Crippen molar-refractivity contribution in [3.8, 4) is 0 Å². The molecule has 1 amide bonds. The fourth-order valence-corrected chi connectivity index (χ4v) is 5.43. The van der Waals surface area contributed by atoms with Crippen molar-refractivity contribution in [1.29, 1.82) is 0 Å². The highest BCUT2D eigenvalue weighted by Gasteiger charge is 2.31. The topological polar surface area (TPSA) is 113 Å². The van der Waals surface area contributed by atoms with Crippen LogP contribution >= 0.6 is 0 Å². The molecule has 0 bridgehead atoms. The molecule has 2 aromatic carbocycles. The number of sulfonamides is 1. The van der Waals surface area contributed by atoms with E-state index in [0.29, 0.717) is 5.56 Å². The highest BCUT2D eigenvalue weighted by molar-refractivity contribution is 7.92. The Morgan fingerprint density at radius 1 is 1.12 bits per heavy atom. The van der Waals surface area contributed by atoms with Gasteiger partial charge in [-0.05, 0) is 56.5 Å². The second-order valence-corrected chi connectivity index (χ2v) is 10.7. The Bertz CT molecular complexity index is 1130. The SMILES string of the molecule is Cc1ccc([N+](=O)[O-])cc1N([C@H](C)C(=O)NCc1ccc(CN2CCCCC2)cc1)S(C)(=O)=O. The number of amides is 1. The first-order valence-electron chi connectivity index (χ1n) is 11.4. The van der Waals surface area contributed by atoms with Gasteiger partial charge in [-0.2, -0.15) is 0 Å². The lowest BCUT2D eigenvalue weighted by atomic mass is 10.1. The fourth-order valence-electron chi connectivity index (χ4n) is 4.20. The van der Waals surface area contributed by atoms with Gasteiger partial charge >= 0.3 is 0 Å². The summed E-state index contributed by atoms with van der Waals surface area (Å²) in [6, 6.07) is 10.9. The van der Waals surface area contributed by atoms with Crippen LogP contribution in [-0.4, -0.2) is 49.5 Å². The first-order valence-corrected chi connectivity index (χ1v) is 13.2. The smallest absolute Gasteiger partial charge is 0.271 e. The Labute approximate surface area is 201 Å². The third-order valence-electron chi connectivity index (χ3n) is 6.07. The minimum atomic E-state index is -3.88. The normalized spacial score (nSPS) is 15.5. The highest BCUT2D eigenvalue weighted by Crippen LogP contribution is 2.29. The molecular weight excluding hydrogens is 456 g/mol. The molecule has 1 aliphatic heterocycles. The van der Waals surface area contributed by atoms with E-state index in [-0.39, 0.29) is 17.9 Å². The number of nitro benzene ring substituents is 1. The zero-order valence-electron chi connectivity index (χ0n) is 19.9. The summed E-state index contributed by atoms with van der Waals surface area (Å²) in [6.07, 6.45) is 4.76. The summed E-state index contributed by atoms with van der Waals surface area (Å²) >= 11 is 0. The van der Waals surface area contributed by atoms with Crippen molar-refractivity contribution in [1.82, 2.24) is 10.2 Å². The molecule has 34 heavy (non-hydrogen) atoms. The van der Waals surface area contributed by atoms with Crippen molar-refractivity contribution in [2.45, 2.75) is 52.2 Å². The largest absolute Gasteiger partial charge is 0.350 e. The van der Waals surface area contributed by atoms with E-state index < -0.39 is 26.9 Å². The summed E-state index contributed by atoms with van der Waals surface area (Å²) in [7, 11) is -3.88. The summed E-state index contributed by atoms with van der Waals surface area (Å²) in [6.45, 7) is 6.52. The maximum atomic E-state index is 12.9. The van der Waals surface area contributed by atoms with Crippen molar-refractivity contribution in [3.05, 3.63) is 69.3 Å². The molecule has 10 heteroatoms. The van der Waals surface area contributed by atoms with Crippen LogP contribution in [0.3, 0.4) is 0 Å². The van der Waals surface area contributed by atoms with Gasteiger partial charge in [-0.15, -0.1) is 0 Å². The molecular formula is C24H32N4O5S. The van der Waals surface area contributed by atoms with Gasteiger partial charge in [0.2, 0.25) is 15.9 Å². The van der Waals surface area contributed by atoms with Crippen LogP contribution in [0.2, 0.25) is 0 Å². The van der Waals surface area contributed by atoms with Crippen LogP contribution in [0, 0.1) is 17.0 Å². The van der Waals surface area contributed by atoms with Gasteiger partial charge in [0.25, 0.3) is 5.69 Å². The molecule has 0 saturated carbocycles. The average Bonchev–Trinajstić information content (AvgIpc) is 2.79. The number of likely N-dealkylation sites (tertiary alicyclic amines) is 1. The number of piperidine rings is 1. The van der Waals surface area contributed by atoms with Crippen LogP contribution in [0.1, 0.15) is 42.9 Å². The van der Waals surface area contributed by atoms with Crippen LogP contribution in [-0.2, 0) is 27.9 Å². The number of aryl methyl sites for hydroxylation is 1. The van der Waals surface area contributed by atoms with Crippen LogP contribution in [0.15, 0.2) is 42.5 Å². The minimum absolute atomic E-state index is 0.112. The number of carbonyl (C=O) groups excluding carboxylic acids is 1. The van der Waals surface area contributed by atoms with Crippen LogP contribution in [0.4, 0.5) is 11.4 Å². The molecule has 1 saturated heterocycles. The molecule has 1 N–H and O–H groups in total. The highest BCUT2D eigenvalue weighted by atomic mass is 32.2. The van der Waals surface area contributed by atoms with Gasteiger partial charge in [0.15, 0.2) is 0 Å². The van der Waals surface area contributed by atoms with Gasteiger partial charge < -0.3 is 5.32 Å². The molecule has 1 aliphatic rings. The molecule has 9 nitrogen and oxygen atoms in total. The number of non-ortho nitro benzene ring substituents is 1. The quantitative estimate of drug-likeness (QED) is 0.428. The molecule has 0 aromatic heterocycles. The number of nitro groups is 1. The second-order valence-electron chi connectivity index (χ2n) is 8.83. The van der Waals surface area contributed by atoms with E-state index in [1.54, 1.807) is 6.92 Å². The van der Waals surface area contributed by atoms with Crippen LogP contribution < -0.4 is 9.62 Å². The lowest BCUT2D eigenvalue weighted by Gasteiger charge is -2.29. The lowest BCUT2D eigenvalue weighted by Crippen LogP contribution is -2.48. The Morgan fingerprint density at radius 3 is 2.32 bits per heavy atom. The van der Waals surface area contributed by atoms with E-state index in [1.165, 1.54) is 49.9 Å². The van der Waals surface area contributed by atoms with Gasteiger partial charge in [-0.3, -0.25) is 24.1 Å². The van der Waals surface area contributed by atoms with Gasteiger partial charge in [0, 0.05) is 25.2 Å². The number of nitrogens with zero attached hydrogens (tertiary/aromatic N) is 3. The first kappa shape index (κ1) is 25.6. The van der Waals surface area contributed by atoms with Gasteiger partial charge in [0.1, 0.15) is 6.04 Å². The van der Waals surface area contributed by atoms with Crippen molar-refractivity contribution in [2.24, 2.45) is 0 Å². The lowest BCUT2D eigenvalue weighted by molar-refractivity contribution is -0.384. The molecule has 1 fully saturated rings. The standard InChI is InChI=1S/C24H32N4O5S/c1-18-7-12-22(28(30)31)15-23(18)27(34(3,32)33)19(2)24(29)25-16-20-8-10-21(11-9-20)17-26-13-5-4-6-14-26/h7-12,15,19H,4-6,13-14,16-17H2,1-3H3,(H,25,29)/t19-/m1/s1. The number of benzene rings is 2. The Hall–Kier alpha value is -2.98. The first-order chi connectivity index (χ1) is 16.1. The molecule has 0 radical (unpaired) electrons. The third kappa shape index (κ3) is 6.54. The molecule has 1 atom stereocenters. The Kier molecular flexibility index (Phi) is 8.27. The number of carbonyl (C=O) groups is 1. The van der Waals surface area contributed by atoms with Crippen molar-refractivity contribution in [2.75, 3.05) is 23.7 Å². The Morgan fingerprint density at radius 2 is 1.74 bits per heavy atom. The van der Waals surface area contributed by atoms with Crippen LogP contribution in [0.25, 0.3) is 0 Å². The molecule has 3 rings (SSSR count). The monoisotopic (exact) mass is 488 g/mol. The predicted octanol–water partition coefficient (Wildman–Crippen LogP) is 3.36. The maximum absolute atomic E-state index is 12.9. The van der Waals surface area contributed by atoms with E-state index in [2.05, 4.69) is 22.3 Å².